The van der Waals surface area contributed by atoms with Gasteiger partial charge < -0.3 is 10.2 Å². The molecule has 0 bridgehead atoms. The Kier molecular flexibility index (Phi) is 4.46. The number of pyridine rings is 1. The van der Waals surface area contributed by atoms with Crippen LogP contribution in [0, 0.1) is 10.1 Å². The Hall–Kier alpha value is -2.22. The van der Waals surface area contributed by atoms with E-state index in [-0.39, 0.29) is 11.6 Å². The lowest BCUT2D eigenvalue weighted by molar-refractivity contribution is -0.384. The zero-order chi connectivity index (χ0) is 14.5. The normalized spacial score (nSPS) is 15.9. The molecule has 1 aromatic heterocycles. The Morgan fingerprint density at radius 2 is 2.15 bits per heavy atom. The predicted octanol–water partition coefficient (Wildman–Crippen LogP) is -0.142. The molecule has 1 amide bonds. The molecular formula is C12H17N5O3. The first-order chi connectivity index (χ1) is 9.61. The molecule has 1 aliphatic heterocycles. The predicted molar refractivity (Wildman–Crippen MR) is 73.6 cm³/mol. The van der Waals surface area contributed by atoms with Gasteiger partial charge in [-0.25, -0.2) is 4.98 Å². The van der Waals surface area contributed by atoms with Crippen LogP contribution in [0.5, 0.6) is 0 Å². The molecular weight excluding hydrogens is 262 g/mol. The summed E-state index contributed by atoms with van der Waals surface area (Å²) in [4.78, 5) is 29.9. The zero-order valence-electron chi connectivity index (χ0n) is 11.3. The molecule has 1 fully saturated rings. The molecule has 1 saturated heterocycles. The summed E-state index contributed by atoms with van der Waals surface area (Å²) in [5.41, 5.74) is 0.0206. The number of anilines is 1. The first-order valence-corrected chi connectivity index (χ1v) is 6.39. The molecule has 20 heavy (non-hydrogen) atoms. The average Bonchev–Trinajstić information content (AvgIpc) is 2.48. The van der Waals surface area contributed by atoms with Crippen LogP contribution in [0.3, 0.4) is 0 Å². The first-order valence-electron chi connectivity index (χ1n) is 6.39. The van der Waals surface area contributed by atoms with Crippen molar-refractivity contribution < 1.29 is 9.72 Å². The molecule has 108 valence electrons. The molecule has 1 aliphatic rings. The van der Waals surface area contributed by atoms with Crippen molar-refractivity contribution in [2.45, 2.75) is 0 Å². The summed E-state index contributed by atoms with van der Waals surface area (Å²) in [7, 11) is 1.61. The minimum atomic E-state index is -0.417. The molecule has 0 unspecified atom stereocenters. The van der Waals surface area contributed by atoms with Crippen molar-refractivity contribution in [1.29, 1.82) is 0 Å². The van der Waals surface area contributed by atoms with Crippen LogP contribution in [0.15, 0.2) is 18.3 Å². The van der Waals surface area contributed by atoms with Gasteiger partial charge in [0.15, 0.2) is 0 Å². The molecule has 8 nitrogen and oxygen atoms in total. The number of aromatic nitrogens is 1. The maximum Gasteiger partial charge on any atom is 0.311 e. The maximum absolute atomic E-state index is 11.3. The van der Waals surface area contributed by atoms with E-state index in [0.717, 1.165) is 0 Å². The Labute approximate surface area is 116 Å². The summed E-state index contributed by atoms with van der Waals surface area (Å²) in [6, 6.07) is 3.02. The van der Waals surface area contributed by atoms with E-state index in [1.165, 1.54) is 6.07 Å². The van der Waals surface area contributed by atoms with Crippen molar-refractivity contribution in [3.63, 3.8) is 0 Å². The van der Waals surface area contributed by atoms with Crippen LogP contribution in [0.25, 0.3) is 0 Å². The number of nitrogens with zero attached hydrogens (tertiary/aromatic N) is 4. The Balaban J connectivity index is 2.01. The smallest absolute Gasteiger partial charge is 0.311 e. The van der Waals surface area contributed by atoms with Crippen LogP contribution in [-0.2, 0) is 4.79 Å². The van der Waals surface area contributed by atoms with Gasteiger partial charge in [-0.1, -0.05) is 0 Å². The third kappa shape index (κ3) is 3.21. The van der Waals surface area contributed by atoms with Crippen molar-refractivity contribution in [3.05, 3.63) is 28.4 Å². The lowest BCUT2D eigenvalue weighted by Crippen LogP contribution is -2.49. The molecule has 2 heterocycles. The second-order valence-corrected chi connectivity index (χ2v) is 4.54. The Bertz CT molecular complexity index is 500. The SMILES string of the molecule is CNC(=O)CN1CCN(c2ncccc2[N+](=O)[O-])CC1. The van der Waals surface area contributed by atoms with Crippen LogP contribution in [0.2, 0.25) is 0 Å². The summed E-state index contributed by atoms with van der Waals surface area (Å²) >= 11 is 0. The second-order valence-electron chi connectivity index (χ2n) is 4.54. The molecule has 0 aliphatic carbocycles. The third-order valence-corrected chi connectivity index (χ3v) is 3.28. The molecule has 8 heteroatoms. The van der Waals surface area contributed by atoms with Crippen molar-refractivity contribution in [2.75, 3.05) is 44.7 Å². The summed E-state index contributed by atoms with van der Waals surface area (Å²) in [6.45, 7) is 2.96. The minimum absolute atomic E-state index is 0.0206. The van der Waals surface area contributed by atoms with E-state index in [0.29, 0.717) is 38.5 Å². The number of hydrogen-bond acceptors (Lipinski definition) is 6. The molecule has 1 N–H and O–H groups in total. The van der Waals surface area contributed by atoms with Gasteiger partial charge >= 0.3 is 5.69 Å². The van der Waals surface area contributed by atoms with Gasteiger partial charge in [0.05, 0.1) is 11.5 Å². The minimum Gasteiger partial charge on any atom is -0.358 e. The topological polar surface area (TPSA) is 91.6 Å². The van der Waals surface area contributed by atoms with E-state index in [2.05, 4.69) is 10.3 Å². The van der Waals surface area contributed by atoms with Crippen LogP contribution >= 0.6 is 0 Å². The molecule has 0 atom stereocenters. The second kappa shape index (κ2) is 6.29. The van der Waals surface area contributed by atoms with Gasteiger partial charge in [-0.05, 0) is 6.07 Å². The lowest BCUT2D eigenvalue weighted by atomic mass is 10.3. The highest BCUT2D eigenvalue weighted by Crippen LogP contribution is 2.25. The maximum atomic E-state index is 11.3. The number of piperazine rings is 1. The molecule has 0 spiro atoms. The van der Waals surface area contributed by atoms with Gasteiger partial charge in [-0.3, -0.25) is 19.8 Å². The highest BCUT2D eigenvalue weighted by atomic mass is 16.6. The van der Waals surface area contributed by atoms with Gasteiger partial charge in [0, 0.05) is 45.5 Å². The Morgan fingerprint density at radius 3 is 2.75 bits per heavy atom. The number of nitro groups is 1. The van der Waals surface area contributed by atoms with Crippen molar-refractivity contribution in [2.24, 2.45) is 0 Å². The summed E-state index contributed by atoms with van der Waals surface area (Å²) in [5, 5.41) is 13.6. The lowest BCUT2D eigenvalue weighted by Gasteiger charge is -2.34. The number of carbonyl (C=O) groups excluding carboxylic acids is 1. The summed E-state index contributed by atoms with van der Waals surface area (Å²) in [6.07, 6.45) is 1.55. The van der Waals surface area contributed by atoms with Crippen LogP contribution < -0.4 is 10.2 Å². The first kappa shape index (κ1) is 14.2. The highest BCUT2D eigenvalue weighted by Gasteiger charge is 2.25. The zero-order valence-corrected chi connectivity index (χ0v) is 11.3. The van der Waals surface area contributed by atoms with Gasteiger partial charge in [-0.15, -0.1) is 0 Å². The van der Waals surface area contributed by atoms with E-state index in [1.54, 1.807) is 19.3 Å². The van der Waals surface area contributed by atoms with Crippen molar-refractivity contribution in [3.8, 4) is 0 Å². The van der Waals surface area contributed by atoms with Crippen molar-refractivity contribution >= 4 is 17.4 Å². The van der Waals surface area contributed by atoms with Crippen LogP contribution in [-0.4, -0.2) is 60.5 Å². The van der Waals surface area contributed by atoms with E-state index in [1.807, 2.05) is 9.80 Å². The standard InChI is InChI=1S/C12H17N5O3/c1-13-11(18)9-15-5-7-16(8-6-15)12-10(17(19)20)3-2-4-14-12/h2-4H,5-9H2,1H3,(H,13,18). The quantitative estimate of drug-likeness (QED) is 0.609. The molecule has 0 aromatic carbocycles. The number of hydrogen-bond donors (Lipinski definition) is 1. The fourth-order valence-corrected chi connectivity index (χ4v) is 2.17. The van der Waals surface area contributed by atoms with E-state index < -0.39 is 4.92 Å². The van der Waals surface area contributed by atoms with Crippen LogP contribution in [0.4, 0.5) is 11.5 Å². The fourth-order valence-electron chi connectivity index (χ4n) is 2.17. The molecule has 1 aromatic rings. The van der Waals surface area contributed by atoms with Gasteiger partial charge in [0.2, 0.25) is 11.7 Å². The number of rotatable bonds is 4. The number of amides is 1. The molecule has 0 saturated carbocycles. The summed E-state index contributed by atoms with van der Waals surface area (Å²) < 4.78 is 0. The molecule has 0 radical (unpaired) electrons. The number of nitrogens with one attached hydrogen (secondary N) is 1. The van der Waals surface area contributed by atoms with Gasteiger partial charge in [0.25, 0.3) is 0 Å². The van der Waals surface area contributed by atoms with Crippen molar-refractivity contribution in [1.82, 2.24) is 15.2 Å². The largest absolute Gasteiger partial charge is 0.358 e. The van der Waals surface area contributed by atoms with E-state index >= 15 is 0 Å². The van der Waals surface area contributed by atoms with Gasteiger partial charge in [-0.2, -0.15) is 0 Å². The Morgan fingerprint density at radius 1 is 1.45 bits per heavy atom. The van der Waals surface area contributed by atoms with Gasteiger partial charge in [0.1, 0.15) is 0 Å². The number of likely N-dealkylation sites (N-methyl/N-ethyl adjacent to an activating group) is 1. The van der Waals surface area contributed by atoms with Crippen LogP contribution in [0.1, 0.15) is 0 Å². The summed E-state index contributed by atoms with van der Waals surface area (Å²) in [5.74, 6) is 0.374. The molecule has 2 rings (SSSR count). The fraction of sp³-hybridized carbons (Fsp3) is 0.500. The average molecular weight is 279 g/mol. The highest BCUT2D eigenvalue weighted by molar-refractivity contribution is 5.77. The monoisotopic (exact) mass is 279 g/mol. The van der Waals surface area contributed by atoms with E-state index in [9.17, 15) is 14.9 Å². The van der Waals surface area contributed by atoms with E-state index in [4.69, 9.17) is 0 Å². The third-order valence-electron chi connectivity index (χ3n) is 3.28. The number of carbonyl (C=O) groups is 1.